The SMILES string of the molecule is C[C@@H]([NH2+]Cc1ccccc1)[C@@H](O)C12CC3CC(CC(C3)C1)C2. The lowest BCUT2D eigenvalue weighted by Gasteiger charge is -2.58. The second-order valence-corrected chi connectivity index (χ2v) is 8.51. The van der Waals surface area contributed by atoms with Crippen LogP contribution >= 0.6 is 0 Å². The topological polar surface area (TPSA) is 36.8 Å². The molecule has 1 aromatic carbocycles. The molecule has 4 saturated carbocycles. The van der Waals surface area contributed by atoms with E-state index in [9.17, 15) is 5.11 Å². The van der Waals surface area contributed by atoms with Crippen LogP contribution in [0.25, 0.3) is 0 Å². The number of nitrogens with two attached hydrogens (primary N) is 1. The Labute approximate surface area is 134 Å². The van der Waals surface area contributed by atoms with Crippen molar-refractivity contribution in [1.82, 2.24) is 0 Å². The first-order valence-electron chi connectivity index (χ1n) is 9.20. The summed E-state index contributed by atoms with van der Waals surface area (Å²) in [7, 11) is 0. The fourth-order valence-corrected chi connectivity index (χ4v) is 6.16. The van der Waals surface area contributed by atoms with Gasteiger partial charge >= 0.3 is 0 Å². The fraction of sp³-hybridized carbons (Fsp3) is 0.700. The molecular weight excluding hydrogens is 270 g/mol. The van der Waals surface area contributed by atoms with Gasteiger partial charge in [0.05, 0.1) is 0 Å². The van der Waals surface area contributed by atoms with E-state index in [1.807, 2.05) is 0 Å². The largest absolute Gasteiger partial charge is 0.386 e. The highest BCUT2D eigenvalue weighted by Crippen LogP contribution is 2.61. The van der Waals surface area contributed by atoms with E-state index in [-0.39, 0.29) is 11.5 Å². The van der Waals surface area contributed by atoms with Gasteiger partial charge in [0.2, 0.25) is 0 Å². The van der Waals surface area contributed by atoms with Gasteiger partial charge in [-0.25, -0.2) is 0 Å². The third kappa shape index (κ3) is 2.61. The van der Waals surface area contributed by atoms with Crippen LogP contribution in [0.3, 0.4) is 0 Å². The number of rotatable bonds is 5. The van der Waals surface area contributed by atoms with Gasteiger partial charge in [-0.15, -0.1) is 0 Å². The zero-order valence-corrected chi connectivity index (χ0v) is 13.7. The van der Waals surface area contributed by atoms with Gasteiger partial charge in [-0.3, -0.25) is 0 Å². The van der Waals surface area contributed by atoms with Crippen molar-refractivity contribution in [3.8, 4) is 0 Å². The second-order valence-electron chi connectivity index (χ2n) is 8.51. The van der Waals surface area contributed by atoms with Crippen LogP contribution in [0.1, 0.15) is 51.0 Å². The molecule has 120 valence electrons. The highest BCUT2D eigenvalue weighted by atomic mass is 16.3. The zero-order valence-electron chi connectivity index (χ0n) is 13.7. The molecule has 4 aliphatic rings. The molecule has 4 bridgehead atoms. The van der Waals surface area contributed by atoms with Crippen molar-refractivity contribution in [3.63, 3.8) is 0 Å². The lowest BCUT2D eigenvalue weighted by Crippen LogP contribution is -2.91. The molecule has 0 saturated heterocycles. The highest BCUT2D eigenvalue weighted by molar-refractivity contribution is 5.13. The average Bonchev–Trinajstić information content (AvgIpc) is 2.51. The summed E-state index contributed by atoms with van der Waals surface area (Å²) < 4.78 is 0. The maximum atomic E-state index is 11.1. The van der Waals surface area contributed by atoms with Crippen LogP contribution in [-0.4, -0.2) is 17.3 Å². The third-order valence-corrected chi connectivity index (χ3v) is 6.78. The van der Waals surface area contributed by atoms with Crippen molar-refractivity contribution < 1.29 is 10.4 Å². The van der Waals surface area contributed by atoms with Gasteiger partial charge in [0.15, 0.2) is 0 Å². The Morgan fingerprint density at radius 1 is 1.05 bits per heavy atom. The molecule has 2 heteroatoms. The Balaban J connectivity index is 1.41. The lowest BCUT2D eigenvalue weighted by molar-refractivity contribution is -0.710. The third-order valence-electron chi connectivity index (χ3n) is 6.78. The summed E-state index contributed by atoms with van der Waals surface area (Å²) in [6.07, 6.45) is 8.11. The monoisotopic (exact) mass is 300 g/mol. The van der Waals surface area contributed by atoms with E-state index in [0.29, 0.717) is 6.04 Å². The van der Waals surface area contributed by atoms with Crippen molar-refractivity contribution in [3.05, 3.63) is 35.9 Å². The van der Waals surface area contributed by atoms with Crippen molar-refractivity contribution in [1.29, 1.82) is 0 Å². The maximum absolute atomic E-state index is 11.1. The van der Waals surface area contributed by atoms with Crippen molar-refractivity contribution >= 4 is 0 Å². The number of hydrogen-bond acceptors (Lipinski definition) is 1. The van der Waals surface area contributed by atoms with E-state index in [1.165, 1.54) is 44.1 Å². The Kier molecular flexibility index (Phi) is 3.78. The molecule has 1 aromatic rings. The summed E-state index contributed by atoms with van der Waals surface area (Å²) in [5.74, 6) is 2.76. The van der Waals surface area contributed by atoms with Crippen molar-refractivity contribution in [2.75, 3.05) is 0 Å². The first kappa shape index (κ1) is 14.7. The van der Waals surface area contributed by atoms with E-state index in [0.717, 1.165) is 24.3 Å². The number of aliphatic hydroxyl groups excluding tert-OH is 1. The minimum atomic E-state index is -0.135. The smallest absolute Gasteiger partial charge is 0.111 e. The van der Waals surface area contributed by atoms with Gasteiger partial charge in [0, 0.05) is 11.0 Å². The maximum Gasteiger partial charge on any atom is 0.111 e. The van der Waals surface area contributed by atoms with Gasteiger partial charge in [-0.2, -0.15) is 0 Å². The van der Waals surface area contributed by atoms with Crippen LogP contribution in [0.15, 0.2) is 30.3 Å². The normalized spacial score (nSPS) is 38.9. The first-order valence-corrected chi connectivity index (χ1v) is 9.20. The molecule has 0 aliphatic heterocycles. The molecule has 2 atom stereocenters. The van der Waals surface area contributed by atoms with Crippen LogP contribution in [0.4, 0.5) is 0 Å². The predicted octanol–water partition coefficient (Wildman–Crippen LogP) is 2.72. The molecule has 0 heterocycles. The fourth-order valence-electron chi connectivity index (χ4n) is 6.16. The minimum Gasteiger partial charge on any atom is -0.386 e. The molecule has 2 nitrogen and oxygen atoms in total. The average molecular weight is 300 g/mol. The summed E-state index contributed by atoms with van der Waals surface area (Å²) in [6, 6.07) is 10.9. The molecule has 3 N–H and O–H groups in total. The Bertz CT molecular complexity index is 476. The van der Waals surface area contributed by atoms with Gasteiger partial charge in [-0.1, -0.05) is 30.3 Å². The van der Waals surface area contributed by atoms with E-state index >= 15 is 0 Å². The molecule has 4 aliphatic carbocycles. The number of hydrogen-bond donors (Lipinski definition) is 2. The predicted molar refractivity (Wildman–Crippen MR) is 88.1 cm³/mol. The minimum absolute atomic E-state index is 0.135. The van der Waals surface area contributed by atoms with Gasteiger partial charge in [-0.05, 0) is 63.2 Å². The van der Waals surface area contributed by atoms with Crippen molar-refractivity contribution in [2.45, 2.75) is 64.1 Å². The molecule has 5 rings (SSSR count). The lowest BCUT2D eigenvalue weighted by atomic mass is 9.47. The van der Waals surface area contributed by atoms with E-state index in [4.69, 9.17) is 0 Å². The van der Waals surface area contributed by atoms with Crippen LogP contribution in [-0.2, 0) is 6.54 Å². The molecule has 22 heavy (non-hydrogen) atoms. The van der Waals surface area contributed by atoms with Gasteiger partial charge in [0.1, 0.15) is 18.7 Å². The standard InChI is InChI=1S/C20H29NO/c1-14(21-13-15-5-3-2-4-6-15)19(22)20-10-16-7-17(11-20)9-18(8-16)12-20/h2-6,14,16-19,21-22H,7-13H2,1H3/p+1/t14-,16?,17?,18?,19-,20?/m1/s1. The summed E-state index contributed by atoms with van der Waals surface area (Å²) in [4.78, 5) is 0. The molecule has 0 spiro atoms. The Hall–Kier alpha value is -0.860. The van der Waals surface area contributed by atoms with Crippen LogP contribution in [0.2, 0.25) is 0 Å². The number of quaternary nitrogens is 1. The van der Waals surface area contributed by atoms with Gasteiger partial charge in [0.25, 0.3) is 0 Å². The molecule has 0 unspecified atom stereocenters. The molecule has 0 amide bonds. The van der Waals surface area contributed by atoms with Crippen LogP contribution in [0, 0.1) is 23.2 Å². The van der Waals surface area contributed by atoms with Crippen LogP contribution < -0.4 is 5.32 Å². The second kappa shape index (κ2) is 5.65. The van der Waals surface area contributed by atoms with E-state index in [1.54, 1.807) is 0 Å². The summed E-state index contributed by atoms with van der Waals surface area (Å²) in [5, 5.41) is 13.5. The molecule has 0 aromatic heterocycles. The summed E-state index contributed by atoms with van der Waals surface area (Å²) in [5.41, 5.74) is 1.61. The zero-order chi connectivity index (χ0) is 15.2. The van der Waals surface area contributed by atoms with E-state index < -0.39 is 0 Å². The number of benzene rings is 1. The molecule has 0 radical (unpaired) electrons. The van der Waals surface area contributed by atoms with E-state index in [2.05, 4.69) is 42.6 Å². The first-order chi connectivity index (χ1) is 10.6. The van der Waals surface area contributed by atoms with Crippen LogP contribution in [0.5, 0.6) is 0 Å². The molecule has 4 fully saturated rings. The summed E-state index contributed by atoms with van der Waals surface area (Å²) >= 11 is 0. The number of aliphatic hydroxyl groups is 1. The Morgan fingerprint density at radius 2 is 1.59 bits per heavy atom. The van der Waals surface area contributed by atoms with Gasteiger partial charge < -0.3 is 10.4 Å². The summed E-state index contributed by atoms with van der Waals surface area (Å²) in [6.45, 7) is 3.21. The Morgan fingerprint density at radius 3 is 2.14 bits per heavy atom. The van der Waals surface area contributed by atoms with Crippen molar-refractivity contribution in [2.24, 2.45) is 23.2 Å². The highest BCUT2D eigenvalue weighted by Gasteiger charge is 2.55. The quantitative estimate of drug-likeness (QED) is 0.862. The molecular formula is C20H30NO+.